The molecule has 0 saturated carbocycles. The van der Waals surface area contributed by atoms with Crippen LogP contribution in [0.3, 0.4) is 0 Å². The van der Waals surface area contributed by atoms with Gasteiger partial charge < -0.3 is 81.7 Å². The number of azide groups is 1. The zero-order chi connectivity index (χ0) is 88.9. The fraction of sp³-hybridized carbons (Fsp3) is 0.507. The van der Waals surface area contributed by atoms with Gasteiger partial charge in [0.2, 0.25) is 5.72 Å². The first-order valence-electron chi connectivity index (χ1n) is 37.7. The molecule has 121 heavy (non-hydrogen) atoms. The quantitative estimate of drug-likeness (QED) is 0.00635. The molecule has 4 aliphatic rings. The number of aliphatic hydroxyl groups is 8. The van der Waals surface area contributed by atoms with Gasteiger partial charge in [-0.15, -0.1) is 0 Å². The van der Waals surface area contributed by atoms with Crippen LogP contribution in [0.5, 0.6) is 0 Å². The Morgan fingerprint density at radius 3 is 1.55 bits per heavy atom. The van der Waals surface area contributed by atoms with Crippen LogP contribution in [0.15, 0.2) is 167 Å². The molecule has 0 bridgehead atoms. The zero-order valence-electron chi connectivity index (χ0n) is 67.6. The maximum Gasteiger partial charge on any atom is 0.405 e. The van der Waals surface area contributed by atoms with Gasteiger partial charge in [0.1, 0.15) is 65.8 Å². The summed E-state index contributed by atoms with van der Waals surface area (Å²) in [7, 11) is -12.2. The van der Waals surface area contributed by atoms with Gasteiger partial charge in [-0.3, -0.25) is 46.1 Å². The second-order valence-corrected chi connectivity index (χ2v) is 38.8. The second-order valence-electron chi connectivity index (χ2n) is 30.1. The molecular weight excluding hydrogens is 1700 g/mol. The van der Waals surface area contributed by atoms with Crippen molar-refractivity contribution < 1.29 is 115 Å². The lowest BCUT2D eigenvalue weighted by Crippen LogP contribution is -2.45. The minimum absolute atomic E-state index is 0.0578. The topological polar surface area (TPSA) is 579 Å². The third kappa shape index (κ3) is 26.2. The Labute approximate surface area is 710 Å². The first kappa shape index (κ1) is 99.2. The lowest BCUT2D eigenvalue weighted by Gasteiger charge is -2.32. The Morgan fingerprint density at radius 1 is 0.645 bits per heavy atom. The standard InChI is InChI=1S/C27H37N4O8PS.C24H34FN4O8PS.C24H34N7O8PS/c1-26(2,17-32)25(35)41-14-13-37-40(36,30-15-18-7-5-4-6-8-18)38-16-21-22(33)23(34)27(3,39-21)31-12-10-19-20(28)9-11-29-24(19)31;1-23(2,15-30)21(32)39-12-11-35-38(34,27-13-16-7-5-4-6-8-16)36-14-17-19(31)24(3,25)20(37-17)29-10-9-18(26)28-22(29)33;1-16-28-18(25)9-10-31(16)21-19(33)20(34)24(39-21,29-30-26)15-38-40(36,27-13-17-7-5-4-6-8-17)37-11-12-41-22(35)23(2,3)14-32/h4-12,21-23,32-34H,13-17H2,1-3H3,(H2,28,29)(H,30,36);4-10,17,19-20,30-31H,11-15H2,1-3H3,(H,27,34)(H2,26,28,33);4-10,19-21,32-34H,1,11-15H2,2-3H3,(H2,25,28)(H,27,36)/t21-,22+,23?,27+,40?;17-,19+,20-,24?,38?;19?,20-,21-,24-,40?/m111/s1. The third-order valence-corrected chi connectivity index (χ3v) is 27.4. The zero-order valence-corrected chi connectivity index (χ0v) is 72.7. The summed E-state index contributed by atoms with van der Waals surface area (Å²) in [6.45, 7) is 13.3. The smallest absolute Gasteiger partial charge is 0.398 e. The van der Waals surface area contributed by atoms with Crippen molar-refractivity contribution >= 4 is 102 Å². The number of aromatic nitrogens is 4. The monoisotopic (exact) mass is 1810 g/mol. The average molecular weight is 1810 g/mol. The van der Waals surface area contributed by atoms with Crippen molar-refractivity contribution in [2.24, 2.45) is 32.1 Å². The van der Waals surface area contributed by atoms with Crippen LogP contribution in [0.4, 0.5) is 15.9 Å². The molecule has 3 aromatic carbocycles. The number of nitrogens with two attached hydrogens (primary N) is 3. The number of amidine groups is 1. The summed E-state index contributed by atoms with van der Waals surface area (Å²) >= 11 is 2.78. The van der Waals surface area contributed by atoms with Crippen LogP contribution in [0.25, 0.3) is 21.5 Å². The molecule has 10 rings (SSSR count). The summed E-state index contributed by atoms with van der Waals surface area (Å²) in [5.74, 6) is 0.594. The number of carbonyl (C=O) groups excluding carboxylic acids is 3. The molecule has 0 amide bonds. The Hall–Kier alpha value is -7.23. The van der Waals surface area contributed by atoms with E-state index in [0.717, 1.165) is 63.5 Å². The molecule has 3 saturated heterocycles. The number of aliphatic imine (C=N–C) groups is 1. The Bertz CT molecular complexity index is 4820. The second kappa shape index (κ2) is 43.6. The maximum absolute atomic E-state index is 15.5. The van der Waals surface area contributed by atoms with Gasteiger partial charge in [-0.1, -0.05) is 138 Å². The van der Waals surface area contributed by atoms with E-state index in [-0.39, 0.29) is 116 Å². The van der Waals surface area contributed by atoms with Crippen molar-refractivity contribution in [2.45, 2.75) is 147 Å². The van der Waals surface area contributed by atoms with Gasteiger partial charge in [0.25, 0.3) is 0 Å². The van der Waals surface area contributed by atoms with E-state index >= 15 is 4.39 Å². The molecule has 39 nitrogen and oxygen atoms in total. The SMILES string of the molecule is C=C1N=C(N)C=CN1[C@@H]1O[C@@](COP(=O)(NCc2ccccc2)OCCSC(=O)C(C)(C)CO)(N=[N+]=[N-])[C@H](O)C1O.CC(C)(CO)C(=O)SCCOP(=O)(NCc1ccccc1)OC[C@H]1O[C@@H](n2ccc(N)nc2=O)C(C)(F)[C@H]1O.CC(C)(CO)C(=O)SCCOP(=O)(NCc1ccccc1)OC[C@H]1O[C@](C)(n2ccc3c(N)ccnc32)C(O)[C@H]1O. The summed E-state index contributed by atoms with van der Waals surface area (Å²) in [5.41, 5.74) is 20.1. The number of thioether (sulfide) groups is 3. The number of benzene rings is 3. The molecular formula is C75H105FN15O24P3S3. The number of fused-ring (bicyclic) bond motifs is 1. The molecule has 3 fully saturated rings. The molecule has 0 aliphatic carbocycles. The fourth-order valence-electron chi connectivity index (χ4n) is 11.6. The van der Waals surface area contributed by atoms with Gasteiger partial charge in [0, 0.05) is 77.7 Å². The minimum atomic E-state index is -4.19. The number of alkyl halides is 1. The normalized spacial score (nSPS) is 25.1. The van der Waals surface area contributed by atoms with Crippen LogP contribution >= 0.6 is 58.5 Å². The van der Waals surface area contributed by atoms with E-state index < -0.39 is 131 Å². The number of halogens is 1. The van der Waals surface area contributed by atoms with E-state index in [9.17, 15) is 79.3 Å². The van der Waals surface area contributed by atoms with E-state index in [0.29, 0.717) is 16.7 Å². The van der Waals surface area contributed by atoms with E-state index in [1.54, 1.807) is 126 Å². The molecule has 17 N–H and O–H groups in total. The first-order valence-corrected chi connectivity index (χ1v) is 45.3. The molecule has 15 atom stereocenters. The number of carbonyl (C=O) groups is 3. The number of rotatable bonds is 40. The van der Waals surface area contributed by atoms with Crippen molar-refractivity contribution in [3.05, 3.63) is 190 Å². The Kier molecular flexibility index (Phi) is 35.7. The fourth-order valence-corrected chi connectivity index (χ4v) is 18.3. The van der Waals surface area contributed by atoms with Crippen LogP contribution in [-0.2, 0) is 94.8 Å². The first-order chi connectivity index (χ1) is 57.0. The van der Waals surface area contributed by atoms with Gasteiger partial charge >= 0.3 is 28.9 Å². The van der Waals surface area contributed by atoms with Crippen LogP contribution in [0.2, 0.25) is 0 Å². The molecule has 4 aliphatic heterocycles. The molecule has 664 valence electrons. The molecule has 0 spiro atoms. The summed E-state index contributed by atoms with van der Waals surface area (Å²) in [6, 6.07) is 31.9. The highest BCUT2D eigenvalue weighted by molar-refractivity contribution is 8.14. The lowest BCUT2D eigenvalue weighted by molar-refractivity contribution is -0.131. The van der Waals surface area contributed by atoms with Crippen LogP contribution in [-0.4, -0.2) is 223 Å². The summed E-state index contributed by atoms with van der Waals surface area (Å²) in [6.07, 6.45) is -5.93. The van der Waals surface area contributed by atoms with Crippen LogP contribution < -0.4 is 38.2 Å². The van der Waals surface area contributed by atoms with Crippen molar-refractivity contribution in [1.82, 2.24) is 39.3 Å². The van der Waals surface area contributed by atoms with E-state index in [4.69, 9.17) is 58.6 Å². The number of pyridine rings is 1. The number of anilines is 2. The van der Waals surface area contributed by atoms with E-state index in [1.165, 1.54) is 29.4 Å². The molecule has 3 aromatic heterocycles. The van der Waals surface area contributed by atoms with E-state index in [1.807, 2.05) is 42.5 Å². The van der Waals surface area contributed by atoms with E-state index in [2.05, 4.69) is 46.8 Å². The third-order valence-electron chi connectivity index (χ3n) is 19.2. The van der Waals surface area contributed by atoms with Gasteiger partial charge in [0.05, 0.1) is 75.7 Å². The summed E-state index contributed by atoms with van der Waals surface area (Å²) in [4.78, 5) is 65.0. The van der Waals surface area contributed by atoms with Crippen LogP contribution in [0.1, 0.15) is 78.3 Å². The highest BCUT2D eigenvalue weighted by Crippen LogP contribution is 2.51. The van der Waals surface area contributed by atoms with Gasteiger partial charge in [-0.25, -0.2) is 48.1 Å². The van der Waals surface area contributed by atoms with Gasteiger partial charge in [0.15, 0.2) is 39.2 Å². The number of nitrogen functional groups attached to an aromatic ring is 2. The lowest BCUT2D eigenvalue weighted by atomic mass is 9.97. The van der Waals surface area contributed by atoms with Crippen molar-refractivity contribution in [1.29, 1.82) is 0 Å². The number of hydrogen-bond donors (Lipinski definition) is 14. The maximum atomic E-state index is 15.5. The predicted molar refractivity (Wildman–Crippen MR) is 451 cm³/mol. The molecule has 0 radical (unpaired) electrons. The van der Waals surface area contributed by atoms with Crippen molar-refractivity contribution in [3.63, 3.8) is 0 Å². The average Bonchev–Trinajstić information content (AvgIpc) is 1.59. The molecule has 46 heteroatoms. The molecule has 7 heterocycles. The van der Waals surface area contributed by atoms with Crippen molar-refractivity contribution in [2.75, 3.05) is 88.2 Å². The van der Waals surface area contributed by atoms with Crippen LogP contribution in [0, 0.1) is 16.2 Å². The number of aliphatic hydroxyl groups excluding tert-OH is 8. The Balaban J connectivity index is 0.000000226. The number of hydrogen-bond acceptors (Lipinski definition) is 35. The highest BCUT2D eigenvalue weighted by Gasteiger charge is 2.59. The minimum Gasteiger partial charge on any atom is -0.398 e. The number of ether oxygens (including phenoxy) is 3. The highest BCUT2D eigenvalue weighted by atomic mass is 32.2. The van der Waals surface area contributed by atoms with Gasteiger partial charge in [-0.05, 0) is 102 Å². The molecule has 6 unspecified atom stereocenters. The molecule has 6 aromatic rings. The predicted octanol–water partition coefficient (Wildman–Crippen LogP) is 6.58. The number of nitrogens with one attached hydrogen (secondary N) is 3. The van der Waals surface area contributed by atoms with Gasteiger partial charge in [-0.2, -0.15) is 4.98 Å². The largest absolute Gasteiger partial charge is 0.405 e. The van der Waals surface area contributed by atoms with Crippen molar-refractivity contribution in [3.8, 4) is 0 Å². The number of nitrogens with zero attached hydrogens (tertiary/aromatic N) is 9. The summed E-state index contributed by atoms with van der Waals surface area (Å²) in [5, 5.41) is 94.0. The summed E-state index contributed by atoms with van der Waals surface area (Å²) < 4.78 is 110. The Morgan fingerprint density at radius 2 is 1.11 bits per heavy atom.